The average molecular weight is 331 g/mol. The number of nitrogens with one attached hydrogen (secondary N) is 2. The van der Waals surface area contributed by atoms with Crippen LogP contribution in [-0.4, -0.2) is 26.9 Å². The van der Waals surface area contributed by atoms with E-state index in [2.05, 4.69) is 10.0 Å². The van der Waals surface area contributed by atoms with Crippen LogP contribution in [0.1, 0.15) is 32.1 Å². The predicted molar refractivity (Wildman–Crippen MR) is 81.7 cm³/mol. The smallest absolute Gasteiger partial charge is 0.240 e. The van der Waals surface area contributed by atoms with Crippen LogP contribution in [0.4, 0.5) is 0 Å². The summed E-state index contributed by atoms with van der Waals surface area (Å²) in [6.45, 7) is 0.0868. The maximum absolute atomic E-state index is 12.0. The zero-order chi connectivity index (χ0) is 15.3. The number of benzene rings is 1. The van der Waals surface area contributed by atoms with Crippen molar-refractivity contribution in [3.63, 3.8) is 0 Å². The first kappa shape index (κ1) is 16.3. The summed E-state index contributed by atoms with van der Waals surface area (Å²) in [6.07, 6.45) is 4.47. The summed E-state index contributed by atoms with van der Waals surface area (Å²) in [5.74, 6) is -0.110. The van der Waals surface area contributed by atoms with E-state index < -0.39 is 10.0 Å². The summed E-state index contributed by atoms with van der Waals surface area (Å²) in [5.41, 5.74) is 0. The van der Waals surface area contributed by atoms with E-state index in [-0.39, 0.29) is 29.8 Å². The van der Waals surface area contributed by atoms with Gasteiger partial charge in [0, 0.05) is 24.0 Å². The molecule has 0 aromatic heterocycles. The SMILES string of the molecule is O=C(CCNS(=O)(=O)c1ccc(Cl)cc1)NC1CCCC1. The Morgan fingerprint density at radius 3 is 2.43 bits per heavy atom. The van der Waals surface area contributed by atoms with Crippen molar-refractivity contribution < 1.29 is 13.2 Å². The molecule has 0 radical (unpaired) electrons. The van der Waals surface area contributed by atoms with Crippen LogP contribution in [0.15, 0.2) is 29.2 Å². The highest BCUT2D eigenvalue weighted by atomic mass is 35.5. The van der Waals surface area contributed by atoms with Crippen LogP contribution in [0, 0.1) is 0 Å². The van der Waals surface area contributed by atoms with Gasteiger partial charge in [-0.1, -0.05) is 24.4 Å². The minimum Gasteiger partial charge on any atom is -0.353 e. The molecular weight excluding hydrogens is 312 g/mol. The Morgan fingerprint density at radius 1 is 1.19 bits per heavy atom. The molecule has 1 amide bonds. The molecule has 1 fully saturated rings. The van der Waals surface area contributed by atoms with Gasteiger partial charge in [-0.05, 0) is 37.1 Å². The highest BCUT2D eigenvalue weighted by molar-refractivity contribution is 7.89. The van der Waals surface area contributed by atoms with Crippen LogP contribution in [-0.2, 0) is 14.8 Å². The summed E-state index contributed by atoms with van der Waals surface area (Å²) in [4.78, 5) is 11.8. The number of rotatable bonds is 6. The molecule has 1 aliphatic carbocycles. The zero-order valence-electron chi connectivity index (χ0n) is 11.6. The number of amides is 1. The molecule has 5 nitrogen and oxygen atoms in total. The molecule has 1 aromatic rings. The molecule has 2 rings (SSSR count). The molecule has 1 aliphatic rings. The van der Waals surface area contributed by atoms with Crippen molar-refractivity contribution in [3.8, 4) is 0 Å². The molecule has 21 heavy (non-hydrogen) atoms. The van der Waals surface area contributed by atoms with E-state index >= 15 is 0 Å². The largest absolute Gasteiger partial charge is 0.353 e. The maximum atomic E-state index is 12.0. The fourth-order valence-corrected chi connectivity index (χ4v) is 3.52. The summed E-state index contributed by atoms with van der Waals surface area (Å²) in [6, 6.07) is 6.16. The van der Waals surface area contributed by atoms with Crippen LogP contribution in [0.3, 0.4) is 0 Å². The van der Waals surface area contributed by atoms with Gasteiger partial charge in [0.2, 0.25) is 15.9 Å². The molecule has 0 bridgehead atoms. The van der Waals surface area contributed by atoms with Gasteiger partial charge in [-0.15, -0.1) is 0 Å². The van der Waals surface area contributed by atoms with Crippen molar-refractivity contribution in [2.75, 3.05) is 6.54 Å². The number of sulfonamides is 1. The molecule has 0 spiro atoms. The van der Waals surface area contributed by atoms with Crippen LogP contribution in [0.5, 0.6) is 0 Å². The monoisotopic (exact) mass is 330 g/mol. The number of halogens is 1. The molecule has 2 N–H and O–H groups in total. The van der Waals surface area contributed by atoms with Gasteiger partial charge in [0.1, 0.15) is 0 Å². The lowest BCUT2D eigenvalue weighted by Crippen LogP contribution is -2.35. The maximum Gasteiger partial charge on any atom is 0.240 e. The van der Waals surface area contributed by atoms with Gasteiger partial charge in [-0.25, -0.2) is 13.1 Å². The number of carbonyl (C=O) groups is 1. The van der Waals surface area contributed by atoms with Gasteiger partial charge in [0.15, 0.2) is 0 Å². The first-order chi connectivity index (χ1) is 9.97. The van der Waals surface area contributed by atoms with E-state index in [9.17, 15) is 13.2 Å². The third-order valence-corrected chi connectivity index (χ3v) is 5.22. The van der Waals surface area contributed by atoms with E-state index in [0.717, 1.165) is 25.7 Å². The van der Waals surface area contributed by atoms with Crippen LogP contribution in [0.2, 0.25) is 5.02 Å². The summed E-state index contributed by atoms with van der Waals surface area (Å²) in [7, 11) is -3.59. The molecule has 116 valence electrons. The molecule has 0 heterocycles. The van der Waals surface area contributed by atoms with Crippen LogP contribution < -0.4 is 10.0 Å². The molecule has 0 atom stereocenters. The highest BCUT2D eigenvalue weighted by Crippen LogP contribution is 2.17. The van der Waals surface area contributed by atoms with Gasteiger partial charge in [-0.3, -0.25) is 4.79 Å². The van der Waals surface area contributed by atoms with Crippen LogP contribution >= 0.6 is 11.6 Å². The van der Waals surface area contributed by atoms with Crippen molar-refractivity contribution >= 4 is 27.5 Å². The molecule has 7 heteroatoms. The van der Waals surface area contributed by atoms with Gasteiger partial charge < -0.3 is 5.32 Å². The Balaban J connectivity index is 1.79. The molecular formula is C14H19ClN2O3S. The first-order valence-corrected chi connectivity index (χ1v) is 8.88. The minimum atomic E-state index is -3.59. The lowest BCUT2D eigenvalue weighted by molar-refractivity contribution is -0.121. The van der Waals surface area contributed by atoms with E-state index in [0.29, 0.717) is 5.02 Å². The van der Waals surface area contributed by atoms with Gasteiger partial charge >= 0.3 is 0 Å². The third kappa shape index (κ3) is 4.98. The summed E-state index contributed by atoms with van der Waals surface area (Å²) >= 11 is 5.72. The Hall–Kier alpha value is -1.11. The van der Waals surface area contributed by atoms with Crippen molar-refractivity contribution in [3.05, 3.63) is 29.3 Å². The number of carbonyl (C=O) groups excluding carboxylic acids is 1. The van der Waals surface area contributed by atoms with Crippen molar-refractivity contribution in [2.24, 2.45) is 0 Å². The van der Waals surface area contributed by atoms with Gasteiger partial charge in [-0.2, -0.15) is 0 Å². The van der Waals surface area contributed by atoms with E-state index in [1.807, 2.05) is 0 Å². The average Bonchev–Trinajstić information content (AvgIpc) is 2.91. The number of hydrogen-bond acceptors (Lipinski definition) is 3. The summed E-state index contributed by atoms with van der Waals surface area (Å²) in [5, 5.41) is 3.40. The second-order valence-corrected chi connectivity index (χ2v) is 7.35. The second kappa shape index (κ2) is 7.24. The van der Waals surface area contributed by atoms with Crippen molar-refractivity contribution in [1.82, 2.24) is 10.0 Å². The Morgan fingerprint density at radius 2 is 1.81 bits per heavy atom. The first-order valence-electron chi connectivity index (χ1n) is 7.02. The standard InChI is InChI=1S/C14H19ClN2O3S/c15-11-5-7-13(8-6-11)21(19,20)16-10-9-14(18)17-12-3-1-2-4-12/h5-8,12,16H,1-4,9-10H2,(H,17,18). The topological polar surface area (TPSA) is 75.3 Å². The van der Waals surface area contributed by atoms with E-state index in [1.165, 1.54) is 24.3 Å². The quantitative estimate of drug-likeness (QED) is 0.838. The Bertz CT molecular complexity index is 581. The van der Waals surface area contributed by atoms with Gasteiger partial charge in [0.25, 0.3) is 0 Å². The number of hydrogen-bond donors (Lipinski definition) is 2. The van der Waals surface area contributed by atoms with Crippen LogP contribution in [0.25, 0.3) is 0 Å². The zero-order valence-corrected chi connectivity index (χ0v) is 13.2. The molecule has 0 saturated heterocycles. The fourth-order valence-electron chi connectivity index (χ4n) is 2.37. The predicted octanol–water partition coefficient (Wildman–Crippen LogP) is 2.07. The molecule has 1 saturated carbocycles. The highest BCUT2D eigenvalue weighted by Gasteiger charge is 2.18. The normalized spacial score (nSPS) is 16.0. The van der Waals surface area contributed by atoms with Gasteiger partial charge in [0.05, 0.1) is 4.90 Å². The van der Waals surface area contributed by atoms with Crippen molar-refractivity contribution in [2.45, 2.75) is 43.0 Å². The van der Waals surface area contributed by atoms with Crippen molar-refractivity contribution in [1.29, 1.82) is 0 Å². The second-order valence-electron chi connectivity index (χ2n) is 5.15. The van der Waals surface area contributed by atoms with E-state index in [1.54, 1.807) is 0 Å². The molecule has 0 unspecified atom stereocenters. The Kier molecular flexibility index (Phi) is 5.61. The summed E-state index contributed by atoms with van der Waals surface area (Å²) < 4.78 is 26.4. The molecule has 1 aromatic carbocycles. The minimum absolute atomic E-state index is 0.0868. The Labute approximate surface area is 130 Å². The molecule has 0 aliphatic heterocycles. The third-order valence-electron chi connectivity index (χ3n) is 3.49. The van der Waals surface area contributed by atoms with E-state index in [4.69, 9.17) is 11.6 Å². The lowest BCUT2D eigenvalue weighted by Gasteiger charge is -2.12. The lowest BCUT2D eigenvalue weighted by atomic mass is 10.2. The fraction of sp³-hybridized carbons (Fsp3) is 0.500.